The molecule has 3 aromatic carbocycles. The van der Waals surface area contributed by atoms with E-state index >= 15 is 0 Å². The molecule has 35 heavy (non-hydrogen) atoms. The predicted octanol–water partition coefficient (Wildman–Crippen LogP) is 4.87. The van der Waals surface area contributed by atoms with Crippen molar-refractivity contribution in [3.05, 3.63) is 107 Å². The first-order valence-corrected chi connectivity index (χ1v) is 12.4. The molecule has 0 bridgehead atoms. The number of rotatable bonds is 6. The molecule has 6 heteroatoms. The zero-order valence-corrected chi connectivity index (χ0v) is 19.8. The van der Waals surface area contributed by atoms with Gasteiger partial charge in [0.1, 0.15) is 11.6 Å². The van der Waals surface area contributed by atoms with Crippen molar-refractivity contribution in [1.82, 2.24) is 15.1 Å². The highest BCUT2D eigenvalue weighted by Crippen LogP contribution is 2.31. The Labute approximate surface area is 205 Å². The van der Waals surface area contributed by atoms with Gasteiger partial charge >= 0.3 is 0 Å². The number of carbonyl (C=O) groups excluding carboxylic acids is 1. The maximum atomic E-state index is 13.6. The van der Waals surface area contributed by atoms with Gasteiger partial charge in [0, 0.05) is 26.2 Å². The first-order valence-electron chi connectivity index (χ1n) is 12.4. The third-order valence-corrected chi connectivity index (χ3v) is 7.22. The lowest BCUT2D eigenvalue weighted by Gasteiger charge is -2.39. The van der Waals surface area contributed by atoms with Crippen LogP contribution in [0.1, 0.15) is 47.2 Å². The molecule has 5 rings (SSSR count). The topological polar surface area (TPSA) is 35.6 Å². The second-order valence-corrected chi connectivity index (χ2v) is 9.53. The average molecular weight is 476 g/mol. The van der Waals surface area contributed by atoms with Crippen LogP contribution in [0.4, 0.5) is 8.78 Å². The lowest BCUT2D eigenvalue weighted by Crippen LogP contribution is -2.50. The van der Waals surface area contributed by atoms with E-state index in [-0.39, 0.29) is 29.6 Å². The summed E-state index contributed by atoms with van der Waals surface area (Å²) in [5.41, 5.74) is 4.53. The molecule has 1 atom stereocenters. The Bertz CT molecular complexity index is 1100. The van der Waals surface area contributed by atoms with Crippen LogP contribution in [0, 0.1) is 11.6 Å². The van der Waals surface area contributed by atoms with Gasteiger partial charge in [-0.05, 0) is 65.8 Å². The maximum absolute atomic E-state index is 13.6. The van der Waals surface area contributed by atoms with E-state index < -0.39 is 0 Å². The number of piperazine rings is 1. The summed E-state index contributed by atoms with van der Waals surface area (Å²) in [5, 5.41) is 3.25. The Balaban J connectivity index is 1.22. The van der Waals surface area contributed by atoms with Crippen LogP contribution in [0.5, 0.6) is 0 Å². The van der Waals surface area contributed by atoms with Gasteiger partial charge in [0.15, 0.2) is 0 Å². The van der Waals surface area contributed by atoms with Crippen molar-refractivity contribution in [2.75, 3.05) is 32.7 Å². The highest BCUT2D eigenvalue weighted by atomic mass is 19.1. The summed E-state index contributed by atoms with van der Waals surface area (Å²) in [7, 11) is 0. The fourth-order valence-corrected chi connectivity index (χ4v) is 5.43. The summed E-state index contributed by atoms with van der Waals surface area (Å²) in [6.45, 7) is 3.42. The highest BCUT2D eigenvalue weighted by molar-refractivity contribution is 5.78. The number of halogens is 2. The van der Waals surface area contributed by atoms with Gasteiger partial charge < -0.3 is 5.32 Å². The van der Waals surface area contributed by atoms with E-state index in [1.807, 2.05) is 6.07 Å². The van der Waals surface area contributed by atoms with Crippen LogP contribution in [0.25, 0.3) is 0 Å². The third-order valence-electron chi connectivity index (χ3n) is 7.22. The SMILES string of the molecule is O=C(CN1CCN(C(c2ccc(F)cc2)c2ccc(F)cc2)CC1)NC1CCCc2ccccc21. The third kappa shape index (κ3) is 5.60. The van der Waals surface area contributed by atoms with Crippen molar-refractivity contribution in [2.24, 2.45) is 0 Å². The summed E-state index contributed by atoms with van der Waals surface area (Å²) in [6.07, 6.45) is 3.15. The smallest absolute Gasteiger partial charge is 0.234 e. The van der Waals surface area contributed by atoms with Crippen LogP contribution >= 0.6 is 0 Å². The molecule has 2 aliphatic rings. The molecule has 4 nitrogen and oxygen atoms in total. The quantitative estimate of drug-likeness (QED) is 0.553. The first kappa shape index (κ1) is 23.6. The normalized spacial score (nSPS) is 18.9. The molecule has 1 unspecified atom stereocenters. The predicted molar refractivity (Wildman–Crippen MR) is 133 cm³/mol. The van der Waals surface area contributed by atoms with E-state index in [0.717, 1.165) is 56.6 Å². The minimum Gasteiger partial charge on any atom is -0.348 e. The first-order chi connectivity index (χ1) is 17.1. The van der Waals surface area contributed by atoms with E-state index in [1.54, 1.807) is 24.3 Å². The largest absolute Gasteiger partial charge is 0.348 e. The number of nitrogens with one attached hydrogen (secondary N) is 1. The van der Waals surface area contributed by atoms with Gasteiger partial charge in [-0.15, -0.1) is 0 Å². The van der Waals surface area contributed by atoms with Crippen molar-refractivity contribution in [3.63, 3.8) is 0 Å². The van der Waals surface area contributed by atoms with Crippen LogP contribution < -0.4 is 5.32 Å². The molecule has 0 aromatic heterocycles. The summed E-state index contributed by atoms with van der Waals surface area (Å²) in [6, 6.07) is 21.5. The van der Waals surface area contributed by atoms with Crippen molar-refractivity contribution in [2.45, 2.75) is 31.3 Å². The molecule has 0 saturated carbocycles. The van der Waals surface area contributed by atoms with Crippen LogP contribution in [0.2, 0.25) is 0 Å². The van der Waals surface area contributed by atoms with Crippen LogP contribution in [-0.4, -0.2) is 48.4 Å². The van der Waals surface area contributed by atoms with Crippen LogP contribution in [0.3, 0.4) is 0 Å². The zero-order valence-electron chi connectivity index (χ0n) is 19.8. The maximum Gasteiger partial charge on any atom is 0.234 e. The van der Waals surface area contributed by atoms with E-state index in [9.17, 15) is 13.6 Å². The Morgan fingerprint density at radius 1 is 0.857 bits per heavy atom. The average Bonchev–Trinajstić information content (AvgIpc) is 2.88. The number of aryl methyl sites for hydroxylation is 1. The Hall–Kier alpha value is -3.09. The summed E-state index contributed by atoms with van der Waals surface area (Å²) in [5.74, 6) is -0.486. The molecular formula is C29H31F2N3O. The lowest BCUT2D eigenvalue weighted by molar-refractivity contribution is -0.123. The molecular weight excluding hydrogens is 444 g/mol. The minimum absolute atomic E-state index is 0.0637. The van der Waals surface area contributed by atoms with Crippen molar-refractivity contribution in [1.29, 1.82) is 0 Å². The monoisotopic (exact) mass is 475 g/mol. The van der Waals surface area contributed by atoms with Crippen molar-refractivity contribution < 1.29 is 13.6 Å². The molecule has 1 aliphatic heterocycles. The van der Waals surface area contributed by atoms with E-state index in [0.29, 0.717) is 6.54 Å². The Morgan fingerprint density at radius 3 is 2.09 bits per heavy atom. The molecule has 1 amide bonds. The number of amides is 1. The number of hydrogen-bond acceptors (Lipinski definition) is 3. The summed E-state index contributed by atoms with van der Waals surface area (Å²) in [4.78, 5) is 17.4. The fourth-order valence-electron chi connectivity index (χ4n) is 5.43. The lowest BCUT2D eigenvalue weighted by atomic mass is 9.88. The van der Waals surface area contributed by atoms with Gasteiger partial charge in [0.05, 0.1) is 18.6 Å². The number of nitrogens with zero attached hydrogens (tertiary/aromatic N) is 2. The van der Waals surface area contributed by atoms with Gasteiger partial charge in [-0.2, -0.15) is 0 Å². The summed E-state index contributed by atoms with van der Waals surface area (Å²) >= 11 is 0. The zero-order chi connectivity index (χ0) is 24.2. The van der Waals surface area contributed by atoms with Gasteiger partial charge in [-0.25, -0.2) is 8.78 Å². The molecule has 3 aromatic rings. The van der Waals surface area contributed by atoms with Crippen LogP contribution in [0.15, 0.2) is 72.8 Å². The highest BCUT2D eigenvalue weighted by Gasteiger charge is 2.28. The molecule has 182 valence electrons. The molecule has 1 saturated heterocycles. The number of carbonyl (C=O) groups is 1. The Morgan fingerprint density at radius 2 is 1.46 bits per heavy atom. The standard InChI is InChI=1S/C29H31F2N3O/c30-24-12-8-22(9-13-24)29(23-10-14-25(31)15-11-23)34-18-16-33(17-19-34)20-28(35)32-27-7-3-5-21-4-1-2-6-26(21)27/h1-2,4,6,8-15,27,29H,3,5,7,16-20H2,(H,32,35). The fraction of sp³-hybridized carbons (Fsp3) is 0.345. The molecule has 0 spiro atoms. The molecule has 1 N–H and O–H groups in total. The second kappa shape index (κ2) is 10.7. The number of benzene rings is 3. The Kier molecular flexibility index (Phi) is 7.21. The molecule has 1 heterocycles. The second-order valence-electron chi connectivity index (χ2n) is 9.53. The molecule has 0 radical (unpaired) electrons. The van der Waals surface area contributed by atoms with E-state index in [1.165, 1.54) is 35.4 Å². The van der Waals surface area contributed by atoms with Gasteiger partial charge in [0.2, 0.25) is 5.91 Å². The summed E-state index contributed by atoms with van der Waals surface area (Å²) < 4.78 is 27.1. The van der Waals surface area contributed by atoms with Crippen LogP contribution in [-0.2, 0) is 11.2 Å². The number of hydrogen-bond donors (Lipinski definition) is 1. The van der Waals surface area contributed by atoms with Gasteiger partial charge in [-0.3, -0.25) is 14.6 Å². The van der Waals surface area contributed by atoms with Crippen molar-refractivity contribution in [3.8, 4) is 0 Å². The van der Waals surface area contributed by atoms with Gasteiger partial charge in [0.25, 0.3) is 0 Å². The van der Waals surface area contributed by atoms with E-state index in [4.69, 9.17) is 0 Å². The van der Waals surface area contributed by atoms with Gasteiger partial charge in [-0.1, -0.05) is 48.5 Å². The number of fused-ring (bicyclic) bond motifs is 1. The minimum atomic E-state index is -0.275. The van der Waals surface area contributed by atoms with Crippen molar-refractivity contribution >= 4 is 5.91 Å². The van der Waals surface area contributed by atoms with E-state index in [2.05, 4.69) is 33.3 Å². The molecule has 1 aliphatic carbocycles. The molecule has 1 fully saturated rings.